The third kappa shape index (κ3) is 5.82. The van der Waals surface area contributed by atoms with Gasteiger partial charge in [0, 0.05) is 18.7 Å². The van der Waals surface area contributed by atoms with E-state index in [-0.39, 0.29) is 11.2 Å². The van der Waals surface area contributed by atoms with Crippen molar-refractivity contribution in [1.29, 1.82) is 0 Å². The molecule has 0 fully saturated rings. The fourth-order valence-corrected chi connectivity index (χ4v) is 2.01. The largest absolute Gasteiger partial charge is 0.399 e. The highest BCUT2D eigenvalue weighted by atomic mass is 16.1. The van der Waals surface area contributed by atoms with Gasteiger partial charge in [-0.15, -0.1) is 0 Å². The summed E-state index contributed by atoms with van der Waals surface area (Å²) in [6, 6.07) is 7.79. The maximum absolute atomic E-state index is 11.9. The lowest BCUT2D eigenvalue weighted by Crippen LogP contribution is -2.28. The fraction of sp³-hybridized carbons (Fsp3) is 0.533. The Kier molecular flexibility index (Phi) is 4.91. The minimum Gasteiger partial charge on any atom is -0.399 e. The lowest BCUT2D eigenvalue weighted by molar-refractivity contribution is -0.121. The average molecular weight is 248 g/mol. The van der Waals surface area contributed by atoms with Crippen LogP contribution in [-0.2, 0) is 11.3 Å². The molecule has 0 saturated carbocycles. The fourth-order valence-electron chi connectivity index (χ4n) is 2.01. The van der Waals surface area contributed by atoms with Crippen LogP contribution in [-0.4, -0.2) is 24.3 Å². The van der Waals surface area contributed by atoms with Crippen LogP contribution in [0.15, 0.2) is 24.3 Å². The van der Waals surface area contributed by atoms with E-state index in [0.717, 1.165) is 17.8 Å². The van der Waals surface area contributed by atoms with Gasteiger partial charge in [0.15, 0.2) is 0 Å². The van der Waals surface area contributed by atoms with Crippen LogP contribution in [0.5, 0.6) is 0 Å². The van der Waals surface area contributed by atoms with Crippen LogP contribution in [0, 0.1) is 5.41 Å². The minimum atomic E-state index is 0.0646. The number of carbonyl (C=O) groups is 1. The molecule has 0 bridgehead atoms. The second-order valence-electron chi connectivity index (χ2n) is 6.19. The summed E-state index contributed by atoms with van der Waals surface area (Å²) in [5.74, 6) is 0.286. The molecule has 0 atom stereocenters. The molecule has 3 heteroatoms. The van der Waals surface area contributed by atoms with Gasteiger partial charge in [0.1, 0.15) is 5.78 Å². The number of rotatable bonds is 5. The Morgan fingerprint density at radius 1 is 1.33 bits per heavy atom. The predicted molar refractivity (Wildman–Crippen MR) is 76.3 cm³/mol. The first kappa shape index (κ1) is 14.7. The van der Waals surface area contributed by atoms with Gasteiger partial charge in [-0.2, -0.15) is 0 Å². The molecule has 0 amide bonds. The Morgan fingerprint density at radius 2 is 2.00 bits per heavy atom. The van der Waals surface area contributed by atoms with Crippen LogP contribution in [0.2, 0.25) is 0 Å². The van der Waals surface area contributed by atoms with Gasteiger partial charge in [-0.05, 0) is 30.2 Å². The Hall–Kier alpha value is -1.35. The molecular weight excluding hydrogens is 224 g/mol. The maximum atomic E-state index is 11.9. The van der Waals surface area contributed by atoms with E-state index in [9.17, 15) is 4.79 Å². The summed E-state index contributed by atoms with van der Waals surface area (Å²) in [5.41, 5.74) is 7.70. The molecule has 1 aromatic rings. The summed E-state index contributed by atoms with van der Waals surface area (Å²) in [7, 11) is 1.96. The van der Waals surface area contributed by atoms with Crippen LogP contribution in [0.1, 0.15) is 32.8 Å². The highest BCUT2D eigenvalue weighted by Crippen LogP contribution is 2.19. The van der Waals surface area contributed by atoms with Crippen LogP contribution in [0.25, 0.3) is 0 Å². The van der Waals surface area contributed by atoms with Crippen molar-refractivity contribution in [2.45, 2.75) is 33.7 Å². The summed E-state index contributed by atoms with van der Waals surface area (Å²) < 4.78 is 0. The lowest BCUT2D eigenvalue weighted by Gasteiger charge is -2.20. The molecule has 0 aromatic heterocycles. The Morgan fingerprint density at radius 3 is 2.56 bits per heavy atom. The summed E-state index contributed by atoms with van der Waals surface area (Å²) in [6.45, 7) is 7.50. The lowest BCUT2D eigenvalue weighted by atomic mass is 9.90. The zero-order chi connectivity index (χ0) is 13.8. The normalized spacial score (nSPS) is 11.8. The first-order chi connectivity index (χ1) is 8.26. The van der Waals surface area contributed by atoms with Gasteiger partial charge < -0.3 is 5.73 Å². The van der Waals surface area contributed by atoms with Crippen molar-refractivity contribution in [1.82, 2.24) is 4.90 Å². The van der Waals surface area contributed by atoms with Crippen molar-refractivity contribution in [3.05, 3.63) is 29.8 Å². The molecule has 0 saturated heterocycles. The first-order valence-electron chi connectivity index (χ1n) is 6.31. The number of benzene rings is 1. The summed E-state index contributed by atoms with van der Waals surface area (Å²) >= 11 is 0. The molecule has 1 rings (SSSR count). The van der Waals surface area contributed by atoms with Crippen molar-refractivity contribution in [2.75, 3.05) is 19.3 Å². The van der Waals surface area contributed by atoms with Crippen LogP contribution in [0.4, 0.5) is 5.69 Å². The Balaban J connectivity index is 2.47. The zero-order valence-corrected chi connectivity index (χ0v) is 11.9. The van der Waals surface area contributed by atoms with Crippen LogP contribution < -0.4 is 5.73 Å². The van der Waals surface area contributed by atoms with Crippen molar-refractivity contribution >= 4 is 11.5 Å². The van der Waals surface area contributed by atoms with Crippen molar-refractivity contribution in [3.63, 3.8) is 0 Å². The maximum Gasteiger partial charge on any atom is 0.147 e. The molecule has 1 aromatic carbocycles. The number of Topliss-reactive ketones (excluding diaryl/α,β-unsaturated/α-hetero) is 1. The van der Waals surface area contributed by atoms with E-state index < -0.39 is 0 Å². The van der Waals surface area contributed by atoms with Gasteiger partial charge in [-0.25, -0.2) is 0 Å². The Bertz CT molecular complexity index is 407. The van der Waals surface area contributed by atoms with Gasteiger partial charge in [-0.1, -0.05) is 32.9 Å². The van der Waals surface area contributed by atoms with Crippen LogP contribution >= 0.6 is 0 Å². The number of nitrogens with zero attached hydrogens (tertiary/aromatic N) is 1. The highest BCUT2D eigenvalue weighted by Gasteiger charge is 2.17. The van der Waals surface area contributed by atoms with E-state index >= 15 is 0 Å². The molecule has 0 aliphatic rings. The zero-order valence-electron chi connectivity index (χ0n) is 11.9. The van der Waals surface area contributed by atoms with Crippen molar-refractivity contribution in [2.24, 2.45) is 5.41 Å². The molecule has 0 aliphatic heterocycles. The molecule has 100 valence electrons. The number of ketones is 1. The van der Waals surface area contributed by atoms with Crippen LogP contribution in [0.3, 0.4) is 0 Å². The number of nitrogen functional groups attached to an aromatic ring is 1. The average Bonchev–Trinajstić information content (AvgIpc) is 2.13. The summed E-state index contributed by atoms with van der Waals surface area (Å²) in [5, 5.41) is 0. The smallest absolute Gasteiger partial charge is 0.147 e. The molecule has 0 spiro atoms. The minimum absolute atomic E-state index is 0.0646. The van der Waals surface area contributed by atoms with E-state index in [1.54, 1.807) is 0 Å². The van der Waals surface area contributed by atoms with E-state index in [1.807, 2.05) is 36.2 Å². The van der Waals surface area contributed by atoms with Gasteiger partial charge in [0.05, 0.1) is 6.54 Å². The van der Waals surface area contributed by atoms with Gasteiger partial charge in [-0.3, -0.25) is 9.69 Å². The summed E-state index contributed by atoms with van der Waals surface area (Å²) in [4.78, 5) is 13.9. The molecule has 0 aliphatic carbocycles. The number of hydrogen-bond acceptors (Lipinski definition) is 3. The quantitative estimate of drug-likeness (QED) is 0.815. The number of carbonyl (C=O) groups excluding carboxylic acids is 1. The molecule has 2 N–H and O–H groups in total. The number of hydrogen-bond donors (Lipinski definition) is 1. The molecular formula is C15H24N2O. The standard InChI is InChI=1S/C15H24N2O/c1-15(2,3)9-14(18)11-17(4)10-12-6-5-7-13(16)8-12/h5-8H,9-11,16H2,1-4H3. The first-order valence-corrected chi connectivity index (χ1v) is 6.31. The van der Waals surface area contributed by atoms with E-state index in [0.29, 0.717) is 13.0 Å². The SMILES string of the molecule is CN(CC(=O)CC(C)(C)C)Cc1cccc(N)c1. The van der Waals surface area contributed by atoms with E-state index in [2.05, 4.69) is 20.8 Å². The topological polar surface area (TPSA) is 46.3 Å². The number of nitrogens with two attached hydrogens (primary N) is 1. The third-order valence-corrected chi connectivity index (χ3v) is 2.58. The third-order valence-electron chi connectivity index (χ3n) is 2.58. The number of likely N-dealkylation sites (N-methyl/N-ethyl adjacent to an activating group) is 1. The van der Waals surface area contributed by atoms with Gasteiger partial charge in [0.2, 0.25) is 0 Å². The molecule has 0 unspecified atom stereocenters. The number of anilines is 1. The predicted octanol–water partition coefficient (Wildman–Crippen LogP) is 2.71. The monoisotopic (exact) mass is 248 g/mol. The van der Waals surface area contributed by atoms with Crippen molar-refractivity contribution < 1.29 is 4.79 Å². The second-order valence-corrected chi connectivity index (χ2v) is 6.19. The van der Waals surface area contributed by atoms with E-state index in [4.69, 9.17) is 5.73 Å². The van der Waals surface area contributed by atoms with E-state index in [1.165, 1.54) is 0 Å². The second kappa shape index (κ2) is 6.01. The van der Waals surface area contributed by atoms with Crippen molar-refractivity contribution in [3.8, 4) is 0 Å². The molecule has 18 heavy (non-hydrogen) atoms. The highest BCUT2D eigenvalue weighted by molar-refractivity contribution is 5.81. The molecule has 0 radical (unpaired) electrons. The van der Waals surface area contributed by atoms with Gasteiger partial charge >= 0.3 is 0 Å². The molecule has 0 heterocycles. The summed E-state index contributed by atoms with van der Waals surface area (Å²) in [6.07, 6.45) is 0.619. The Labute approximate surface area is 110 Å². The van der Waals surface area contributed by atoms with Gasteiger partial charge in [0.25, 0.3) is 0 Å². The molecule has 3 nitrogen and oxygen atoms in total.